The van der Waals surface area contributed by atoms with E-state index in [1.54, 1.807) is 49.6 Å². The van der Waals surface area contributed by atoms with E-state index in [1.165, 1.54) is 38.1 Å². The fraction of sp³-hybridized carbons (Fsp3) is 0.261. The SMILES string of the molecule is COc1cccc(OC)c1-n1c(NS(=O)(=O)[C@H](C)[C@@H](O)c2cnc(C)cn2)nnc1-c1cccnc1. The van der Waals surface area contributed by atoms with E-state index >= 15 is 0 Å². The van der Waals surface area contributed by atoms with Crippen LogP contribution in [0.4, 0.5) is 5.95 Å². The Hall–Kier alpha value is -4.10. The molecule has 0 aliphatic heterocycles. The van der Waals surface area contributed by atoms with E-state index in [2.05, 4.69) is 29.9 Å². The van der Waals surface area contributed by atoms with Gasteiger partial charge in [-0.1, -0.05) is 6.07 Å². The van der Waals surface area contributed by atoms with E-state index in [0.29, 0.717) is 34.3 Å². The molecule has 0 bridgehead atoms. The van der Waals surface area contributed by atoms with Crippen LogP contribution in [0.25, 0.3) is 17.1 Å². The summed E-state index contributed by atoms with van der Waals surface area (Å²) in [5.74, 6) is 0.942. The molecule has 0 amide bonds. The summed E-state index contributed by atoms with van der Waals surface area (Å²) in [6.07, 6.45) is 4.54. The van der Waals surface area contributed by atoms with Crippen LogP contribution < -0.4 is 14.2 Å². The quantitative estimate of drug-likeness (QED) is 0.342. The van der Waals surface area contributed by atoms with Gasteiger partial charge >= 0.3 is 0 Å². The molecule has 0 fully saturated rings. The largest absolute Gasteiger partial charge is 0.494 e. The zero-order valence-electron chi connectivity index (χ0n) is 20.0. The third-order valence-corrected chi connectivity index (χ3v) is 7.18. The average molecular weight is 512 g/mol. The summed E-state index contributed by atoms with van der Waals surface area (Å²) in [5.41, 5.74) is 1.72. The summed E-state index contributed by atoms with van der Waals surface area (Å²) in [6.45, 7) is 3.10. The molecule has 0 aliphatic rings. The molecule has 4 rings (SSSR count). The number of benzene rings is 1. The Morgan fingerprint density at radius 1 is 1.00 bits per heavy atom. The van der Waals surface area contributed by atoms with Crippen molar-refractivity contribution in [1.29, 1.82) is 0 Å². The molecule has 3 heterocycles. The number of aryl methyl sites for hydroxylation is 1. The van der Waals surface area contributed by atoms with E-state index in [1.807, 2.05) is 0 Å². The van der Waals surface area contributed by atoms with Crippen LogP contribution in [0.1, 0.15) is 24.4 Å². The molecule has 0 saturated heterocycles. The van der Waals surface area contributed by atoms with E-state index in [4.69, 9.17) is 9.47 Å². The maximum atomic E-state index is 13.3. The number of anilines is 1. The van der Waals surface area contributed by atoms with E-state index < -0.39 is 21.4 Å². The zero-order chi connectivity index (χ0) is 25.9. The molecular weight excluding hydrogens is 486 g/mol. The van der Waals surface area contributed by atoms with Gasteiger partial charge < -0.3 is 14.6 Å². The first-order valence-electron chi connectivity index (χ1n) is 10.8. The monoisotopic (exact) mass is 511 g/mol. The number of aliphatic hydroxyl groups excluding tert-OH is 1. The summed E-state index contributed by atoms with van der Waals surface area (Å²) in [6, 6.07) is 8.62. The number of para-hydroxylation sites is 1. The summed E-state index contributed by atoms with van der Waals surface area (Å²) in [7, 11) is -1.23. The maximum absolute atomic E-state index is 13.3. The van der Waals surface area contributed by atoms with E-state index in [9.17, 15) is 13.5 Å². The molecule has 0 radical (unpaired) electrons. The molecule has 36 heavy (non-hydrogen) atoms. The van der Waals surface area contributed by atoms with Crippen LogP contribution in [0.2, 0.25) is 0 Å². The first-order valence-corrected chi connectivity index (χ1v) is 12.4. The molecular formula is C23H25N7O5S. The number of hydrogen-bond donors (Lipinski definition) is 2. The number of nitrogens with one attached hydrogen (secondary N) is 1. The summed E-state index contributed by atoms with van der Waals surface area (Å²) >= 11 is 0. The lowest BCUT2D eigenvalue weighted by Gasteiger charge is -2.21. The first kappa shape index (κ1) is 25.0. The van der Waals surface area contributed by atoms with E-state index in [-0.39, 0.29) is 11.6 Å². The molecule has 0 spiro atoms. The highest BCUT2D eigenvalue weighted by Gasteiger charge is 2.33. The average Bonchev–Trinajstić information content (AvgIpc) is 3.30. The minimum atomic E-state index is -4.20. The highest BCUT2D eigenvalue weighted by Crippen LogP contribution is 2.37. The fourth-order valence-electron chi connectivity index (χ4n) is 3.48. The van der Waals surface area contributed by atoms with Crippen LogP contribution in [0.15, 0.2) is 55.1 Å². The molecule has 188 valence electrons. The van der Waals surface area contributed by atoms with E-state index in [0.717, 1.165) is 0 Å². The van der Waals surface area contributed by atoms with Gasteiger partial charge in [-0.2, -0.15) is 0 Å². The number of aromatic nitrogens is 6. The van der Waals surface area contributed by atoms with Gasteiger partial charge in [0, 0.05) is 24.2 Å². The number of rotatable bonds is 9. The Balaban J connectivity index is 1.81. The Bertz CT molecular complexity index is 1420. The van der Waals surface area contributed by atoms with Gasteiger partial charge in [0.25, 0.3) is 0 Å². The van der Waals surface area contributed by atoms with Gasteiger partial charge in [0.1, 0.15) is 28.5 Å². The number of ether oxygens (including phenoxy) is 2. The van der Waals surface area contributed by atoms with Crippen LogP contribution in [-0.4, -0.2) is 62.7 Å². The smallest absolute Gasteiger partial charge is 0.243 e. The minimum Gasteiger partial charge on any atom is -0.494 e. The summed E-state index contributed by atoms with van der Waals surface area (Å²) in [5, 5.41) is 17.7. The third-order valence-electron chi connectivity index (χ3n) is 5.48. The van der Waals surface area contributed by atoms with Crippen LogP contribution in [0.5, 0.6) is 11.5 Å². The van der Waals surface area contributed by atoms with Crippen LogP contribution in [-0.2, 0) is 10.0 Å². The highest BCUT2D eigenvalue weighted by molar-refractivity contribution is 7.93. The molecule has 0 unspecified atom stereocenters. The predicted octanol–water partition coefficient (Wildman–Crippen LogP) is 2.31. The topological polar surface area (TPSA) is 154 Å². The van der Waals surface area contributed by atoms with Crippen molar-refractivity contribution in [3.05, 3.63) is 66.5 Å². The van der Waals surface area contributed by atoms with Gasteiger partial charge in [0.05, 0.1) is 31.8 Å². The number of sulfonamides is 1. The van der Waals surface area contributed by atoms with Crippen molar-refractivity contribution in [1.82, 2.24) is 29.7 Å². The van der Waals surface area contributed by atoms with Crippen LogP contribution >= 0.6 is 0 Å². The molecule has 13 heteroatoms. The van der Waals surface area contributed by atoms with Gasteiger partial charge in [-0.25, -0.2) is 8.42 Å². The van der Waals surface area contributed by atoms with Crippen LogP contribution in [0.3, 0.4) is 0 Å². The molecule has 12 nitrogen and oxygen atoms in total. The van der Waals surface area contributed by atoms with Crippen molar-refractivity contribution in [2.24, 2.45) is 0 Å². The molecule has 3 aromatic heterocycles. The first-order chi connectivity index (χ1) is 17.3. The third kappa shape index (κ3) is 4.83. The summed E-state index contributed by atoms with van der Waals surface area (Å²) < 4.78 is 41.7. The fourth-order valence-corrected chi connectivity index (χ4v) is 4.53. The van der Waals surface area contributed by atoms with Crippen molar-refractivity contribution < 1.29 is 23.0 Å². The number of methoxy groups -OCH3 is 2. The number of aliphatic hydroxyl groups is 1. The molecule has 0 saturated carbocycles. The second kappa shape index (κ2) is 10.3. The van der Waals surface area contributed by atoms with Gasteiger partial charge in [-0.05, 0) is 38.1 Å². The van der Waals surface area contributed by atoms with Gasteiger partial charge in [0.2, 0.25) is 16.0 Å². The minimum absolute atomic E-state index is 0.127. The maximum Gasteiger partial charge on any atom is 0.243 e. The number of pyridine rings is 1. The molecule has 4 aromatic rings. The Kier molecular flexibility index (Phi) is 7.12. The molecule has 2 atom stereocenters. The summed E-state index contributed by atoms with van der Waals surface area (Å²) in [4.78, 5) is 12.3. The van der Waals surface area contributed by atoms with Gasteiger partial charge in [0.15, 0.2) is 5.82 Å². The lowest BCUT2D eigenvalue weighted by Crippen LogP contribution is -2.32. The lowest BCUT2D eigenvalue weighted by atomic mass is 10.2. The standard InChI is InChI=1S/C23H25N7O5S/c1-14-11-26-17(13-25-14)21(31)15(2)36(32,33)29-23-28-27-22(16-7-6-10-24-12-16)30(23)20-18(34-3)8-5-9-19(20)35-4/h5-13,15,21,31H,1-4H3,(H,28,29)/t15-,21-/m1/s1. The van der Waals surface area contributed by atoms with Crippen molar-refractivity contribution in [2.45, 2.75) is 25.2 Å². The van der Waals surface area contributed by atoms with Gasteiger partial charge in [-0.15, -0.1) is 10.2 Å². The number of nitrogens with zero attached hydrogens (tertiary/aromatic N) is 6. The Labute approximate surface area is 208 Å². The Morgan fingerprint density at radius 2 is 1.72 bits per heavy atom. The van der Waals surface area contributed by atoms with Crippen molar-refractivity contribution >= 4 is 16.0 Å². The molecule has 1 aromatic carbocycles. The molecule has 2 N–H and O–H groups in total. The second-order valence-electron chi connectivity index (χ2n) is 7.82. The normalized spacial score (nSPS) is 13.1. The van der Waals surface area contributed by atoms with Crippen molar-refractivity contribution in [3.8, 4) is 28.6 Å². The van der Waals surface area contributed by atoms with Gasteiger partial charge in [-0.3, -0.25) is 24.2 Å². The second-order valence-corrected chi connectivity index (χ2v) is 9.85. The molecule has 0 aliphatic carbocycles. The van der Waals surface area contributed by atoms with Crippen molar-refractivity contribution in [3.63, 3.8) is 0 Å². The Morgan fingerprint density at radius 3 is 2.31 bits per heavy atom. The highest BCUT2D eigenvalue weighted by atomic mass is 32.2. The van der Waals surface area contributed by atoms with Crippen LogP contribution in [0, 0.1) is 6.92 Å². The predicted molar refractivity (Wildman–Crippen MR) is 131 cm³/mol. The number of hydrogen-bond acceptors (Lipinski definition) is 10. The lowest BCUT2D eigenvalue weighted by molar-refractivity contribution is 0.171. The van der Waals surface area contributed by atoms with Crippen molar-refractivity contribution in [2.75, 3.05) is 18.9 Å². The zero-order valence-corrected chi connectivity index (χ0v) is 20.8.